The van der Waals surface area contributed by atoms with Crippen LogP contribution in [-0.4, -0.2) is 24.7 Å². The standard InChI is InChI=1S/C12H13ClO3/c1-8-3-4-9(5-10(14)7-13)6-11(8)12(15)16-2/h3-4,6H,5,7H2,1-2H3. The van der Waals surface area contributed by atoms with E-state index in [1.807, 2.05) is 13.0 Å². The van der Waals surface area contributed by atoms with Crippen LogP contribution in [0, 0.1) is 6.92 Å². The van der Waals surface area contributed by atoms with Crippen molar-refractivity contribution >= 4 is 23.4 Å². The van der Waals surface area contributed by atoms with Gasteiger partial charge < -0.3 is 4.74 Å². The van der Waals surface area contributed by atoms with E-state index in [4.69, 9.17) is 11.6 Å². The number of carbonyl (C=O) groups excluding carboxylic acids is 2. The normalized spacial score (nSPS) is 9.94. The van der Waals surface area contributed by atoms with E-state index in [1.54, 1.807) is 12.1 Å². The number of benzene rings is 1. The molecule has 0 radical (unpaired) electrons. The number of rotatable bonds is 4. The lowest BCUT2D eigenvalue weighted by atomic mass is 10.0. The van der Waals surface area contributed by atoms with Gasteiger partial charge in [-0.05, 0) is 24.1 Å². The van der Waals surface area contributed by atoms with Gasteiger partial charge in [0, 0.05) is 6.42 Å². The van der Waals surface area contributed by atoms with E-state index in [1.165, 1.54) is 7.11 Å². The Bertz CT molecular complexity index is 413. The summed E-state index contributed by atoms with van der Waals surface area (Å²) >= 11 is 5.42. The molecule has 1 aromatic carbocycles. The molecule has 0 fully saturated rings. The van der Waals surface area contributed by atoms with Crippen LogP contribution in [0.2, 0.25) is 0 Å². The minimum atomic E-state index is -0.391. The lowest BCUT2D eigenvalue weighted by molar-refractivity contribution is -0.116. The van der Waals surface area contributed by atoms with Crippen LogP contribution >= 0.6 is 11.6 Å². The number of ether oxygens (including phenoxy) is 1. The molecule has 0 amide bonds. The van der Waals surface area contributed by atoms with Gasteiger partial charge in [0.05, 0.1) is 18.6 Å². The lowest BCUT2D eigenvalue weighted by Crippen LogP contribution is -2.08. The summed E-state index contributed by atoms with van der Waals surface area (Å²) in [5, 5.41) is 0. The second-order valence-corrected chi connectivity index (χ2v) is 3.76. The summed E-state index contributed by atoms with van der Waals surface area (Å²) < 4.78 is 4.65. The zero-order chi connectivity index (χ0) is 12.1. The SMILES string of the molecule is COC(=O)c1cc(CC(=O)CCl)ccc1C. The molecule has 0 unspecified atom stereocenters. The van der Waals surface area contributed by atoms with Gasteiger partial charge in [0.25, 0.3) is 0 Å². The number of hydrogen-bond donors (Lipinski definition) is 0. The third-order valence-corrected chi connectivity index (χ3v) is 2.56. The summed E-state index contributed by atoms with van der Waals surface area (Å²) in [6, 6.07) is 5.28. The van der Waals surface area contributed by atoms with Crippen LogP contribution in [0.3, 0.4) is 0 Å². The Morgan fingerprint density at radius 1 is 1.38 bits per heavy atom. The molecular weight excluding hydrogens is 228 g/mol. The maximum atomic E-state index is 11.4. The van der Waals surface area contributed by atoms with Crippen LogP contribution in [0.25, 0.3) is 0 Å². The third-order valence-electron chi connectivity index (χ3n) is 2.26. The first kappa shape index (κ1) is 12.7. The predicted octanol–water partition coefficient (Wildman–Crippen LogP) is 2.13. The van der Waals surface area contributed by atoms with Gasteiger partial charge in [-0.25, -0.2) is 4.79 Å². The zero-order valence-corrected chi connectivity index (χ0v) is 10.0. The highest BCUT2D eigenvalue weighted by Gasteiger charge is 2.11. The minimum absolute atomic E-state index is 0.0125. The predicted molar refractivity (Wildman–Crippen MR) is 61.9 cm³/mol. The molecule has 0 aliphatic heterocycles. The van der Waals surface area contributed by atoms with E-state index in [2.05, 4.69) is 4.74 Å². The molecule has 4 heteroatoms. The van der Waals surface area contributed by atoms with Crippen LogP contribution in [0.1, 0.15) is 21.5 Å². The largest absolute Gasteiger partial charge is 0.465 e. The molecule has 16 heavy (non-hydrogen) atoms. The fraction of sp³-hybridized carbons (Fsp3) is 0.333. The molecule has 0 heterocycles. The summed E-state index contributed by atoms with van der Waals surface area (Å²) in [7, 11) is 1.33. The van der Waals surface area contributed by atoms with Gasteiger partial charge in [0.1, 0.15) is 0 Å². The molecule has 1 rings (SSSR count). The Kier molecular flexibility index (Phi) is 4.50. The number of esters is 1. The number of methoxy groups -OCH3 is 1. The second kappa shape index (κ2) is 5.66. The number of ketones is 1. The van der Waals surface area contributed by atoms with Gasteiger partial charge in [-0.15, -0.1) is 11.6 Å². The average molecular weight is 241 g/mol. The lowest BCUT2D eigenvalue weighted by Gasteiger charge is -2.06. The van der Waals surface area contributed by atoms with Crippen LogP contribution in [0.15, 0.2) is 18.2 Å². The van der Waals surface area contributed by atoms with Crippen LogP contribution in [-0.2, 0) is 16.0 Å². The van der Waals surface area contributed by atoms with Gasteiger partial charge in [-0.3, -0.25) is 4.79 Å². The number of Topliss-reactive ketones (excluding diaryl/α,β-unsaturated/α-hetero) is 1. The Balaban J connectivity index is 2.98. The number of aryl methyl sites for hydroxylation is 1. The molecule has 0 N–H and O–H groups in total. The van der Waals surface area contributed by atoms with E-state index in [0.717, 1.165) is 11.1 Å². The van der Waals surface area contributed by atoms with Crippen LogP contribution in [0.5, 0.6) is 0 Å². The van der Waals surface area contributed by atoms with E-state index in [0.29, 0.717) is 5.56 Å². The van der Waals surface area contributed by atoms with E-state index >= 15 is 0 Å². The van der Waals surface area contributed by atoms with E-state index < -0.39 is 5.97 Å². The quantitative estimate of drug-likeness (QED) is 0.598. The molecular formula is C12H13ClO3. The molecule has 0 aliphatic rings. The Morgan fingerprint density at radius 2 is 2.06 bits per heavy atom. The van der Waals surface area contributed by atoms with Crippen LogP contribution < -0.4 is 0 Å². The van der Waals surface area contributed by atoms with Crippen molar-refractivity contribution in [2.75, 3.05) is 13.0 Å². The summed E-state index contributed by atoms with van der Waals surface area (Å²) in [6.07, 6.45) is 0.244. The molecule has 0 bridgehead atoms. The summed E-state index contributed by atoms with van der Waals surface area (Å²) in [5.74, 6) is -0.472. The average Bonchev–Trinajstić information content (AvgIpc) is 2.30. The Morgan fingerprint density at radius 3 is 2.62 bits per heavy atom. The highest BCUT2D eigenvalue weighted by atomic mass is 35.5. The van der Waals surface area contributed by atoms with Crippen molar-refractivity contribution in [2.45, 2.75) is 13.3 Å². The fourth-order valence-electron chi connectivity index (χ4n) is 1.38. The highest BCUT2D eigenvalue weighted by Crippen LogP contribution is 2.13. The summed E-state index contributed by atoms with van der Waals surface area (Å²) in [4.78, 5) is 22.6. The number of halogens is 1. The molecule has 0 saturated carbocycles. The third kappa shape index (κ3) is 3.07. The van der Waals surface area contributed by atoms with Gasteiger partial charge in [0.15, 0.2) is 5.78 Å². The molecule has 0 aromatic heterocycles. The topological polar surface area (TPSA) is 43.4 Å². The first-order valence-electron chi connectivity index (χ1n) is 4.84. The maximum Gasteiger partial charge on any atom is 0.338 e. The molecule has 86 valence electrons. The molecule has 0 spiro atoms. The van der Waals surface area contributed by atoms with E-state index in [-0.39, 0.29) is 18.1 Å². The smallest absolute Gasteiger partial charge is 0.338 e. The van der Waals surface area contributed by atoms with Gasteiger partial charge in [-0.2, -0.15) is 0 Å². The Hall–Kier alpha value is -1.35. The van der Waals surface area contributed by atoms with E-state index in [9.17, 15) is 9.59 Å². The van der Waals surface area contributed by atoms with Crippen molar-refractivity contribution in [3.8, 4) is 0 Å². The molecule has 3 nitrogen and oxygen atoms in total. The molecule has 0 atom stereocenters. The monoisotopic (exact) mass is 240 g/mol. The van der Waals surface area contributed by atoms with Crippen molar-refractivity contribution < 1.29 is 14.3 Å². The Labute approximate surface area is 99.4 Å². The minimum Gasteiger partial charge on any atom is -0.465 e. The molecule has 0 saturated heterocycles. The molecule has 0 aliphatic carbocycles. The van der Waals surface area contributed by atoms with Crippen molar-refractivity contribution in [3.05, 3.63) is 34.9 Å². The first-order chi connectivity index (χ1) is 7.58. The van der Waals surface area contributed by atoms with Crippen molar-refractivity contribution in [3.63, 3.8) is 0 Å². The number of hydrogen-bond acceptors (Lipinski definition) is 3. The van der Waals surface area contributed by atoms with Crippen molar-refractivity contribution in [1.29, 1.82) is 0 Å². The summed E-state index contributed by atoms with van der Waals surface area (Å²) in [6.45, 7) is 1.82. The van der Waals surface area contributed by atoms with Crippen LogP contribution in [0.4, 0.5) is 0 Å². The highest BCUT2D eigenvalue weighted by molar-refractivity contribution is 6.27. The van der Waals surface area contributed by atoms with Gasteiger partial charge in [-0.1, -0.05) is 12.1 Å². The zero-order valence-electron chi connectivity index (χ0n) is 9.25. The molecule has 1 aromatic rings. The summed E-state index contributed by atoms with van der Waals surface area (Å²) in [5.41, 5.74) is 2.09. The number of alkyl halides is 1. The maximum absolute atomic E-state index is 11.4. The van der Waals surface area contributed by atoms with Crippen molar-refractivity contribution in [2.24, 2.45) is 0 Å². The fourth-order valence-corrected chi connectivity index (χ4v) is 1.48. The van der Waals surface area contributed by atoms with Gasteiger partial charge >= 0.3 is 5.97 Å². The second-order valence-electron chi connectivity index (χ2n) is 3.49. The van der Waals surface area contributed by atoms with Crippen molar-refractivity contribution in [1.82, 2.24) is 0 Å². The van der Waals surface area contributed by atoms with Gasteiger partial charge in [0.2, 0.25) is 0 Å². The number of carbonyl (C=O) groups is 2. The first-order valence-corrected chi connectivity index (χ1v) is 5.37.